The highest BCUT2D eigenvalue weighted by Crippen LogP contribution is 2.23. The monoisotopic (exact) mass is 441 g/mol. The molecule has 0 spiro atoms. The minimum atomic E-state index is -3.83. The first-order valence-electron chi connectivity index (χ1n) is 9.24. The molecule has 9 nitrogen and oxygen atoms in total. The van der Waals surface area contributed by atoms with E-state index in [4.69, 9.17) is 11.6 Å². The number of rotatable bonds is 7. The molecule has 0 saturated heterocycles. The second-order valence-corrected chi connectivity index (χ2v) is 9.42. The van der Waals surface area contributed by atoms with Gasteiger partial charge in [0, 0.05) is 47.5 Å². The van der Waals surface area contributed by atoms with Crippen molar-refractivity contribution >= 4 is 27.3 Å². The van der Waals surface area contributed by atoms with Crippen molar-refractivity contribution in [3.05, 3.63) is 60.2 Å². The van der Waals surface area contributed by atoms with Crippen LogP contribution in [-0.4, -0.2) is 35.9 Å². The van der Waals surface area contributed by atoms with Crippen LogP contribution in [0.15, 0.2) is 32.7 Å². The van der Waals surface area contributed by atoms with Crippen molar-refractivity contribution in [2.75, 3.05) is 13.6 Å². The van der Waals surface area contributed by atoms with Gasteiger partial charge < -0.3 is 0 Å². The highest BCUT2D eigenvalue weighted by Gasteiger charge is 2.24. The fourth-order valence-electron chi connectivity index (χ4n) is 3.53. The lowest BCUT2D eigenvalue weighted by molar-refractivity contribution is -0.379. The zero-order valence-corrected chi connectivity index (χ0v) is 17.5. The molecule has 0 unspecified atom stereocenters. The maximum Gasteiger partial charge on any atom is 0.328 e. The van der Waals surface area contributed by atoms with Crippen molar-refractivity contribution in [2.24, 2.45) is 0 Å². The van der Waals surface area contributed by atoms with E-state index >= 15 is 0 Å². The molecule has 1 aromatic heterocycles. The molecule has 2 N–H and O–H groups in total. The Hall–Kier alpha value is -2.30. The number of nitroso groups, excluding NO2 is 1. The summed E-state index contributed by atoms with van der Waals surface area (Å²) in [6.07, 6.45) is 3.52. The minimum absolute atomic E-state index is 0.0208. The largest absolute Gasteiger partial charge is 0.328 e. The van der Waals surface area contributed by atoms with Gasteiger partial charge in [-0.2, -0.15) is 0 Å². The van der Waals surface area contributed by atoms with Gasteiger partial charge in [0.1, 0.15) is 5.02 Å². The smallest absolute Gasteiger partial charge is 0.297 e. The molecule has 0 fully saturated rings. The van der Waals surface area contributed by atoms with Gasteiger partial charge in [-0.05, 0) is 44.2 Å². The van der Waals surface area contributed by atoms with E-state index in [1.165, 1.54) is 29.8 Å². The highest BCUT2D eigenvalue weighted by atomic mass is 35.5. The SMILES string of the molecule is CN(CCCn1c2c(c(=O)[nH]c1=O)CCCC2)S(=O)(=O)c1ccc(Cl)c([NH+]=O)c1. The lowest BCUT2D eigenvalue weighted by Crippen LogP contribution is -2.56. The number of aromatic nitrogens is 2. The molecule has 0 amide bonds. The molecule has 3 rings (SSSR count). The van der Waals surface area contributed by atoms with Crippen molar-refractivity contribution in [1.82, 2.24) is 13.9 Å². The molecule has 11 heteroatoms. The lowest BCUT2D eigenvalue weighted by atomic mass is 9.97. The molecule has 0 aliphatic heterocycles. The number of nitrogens with one attached hydrogen (secondary N) is 2. The number of fused-ring (bicyclic) bond motifs is 1. The number of H-pyrrole nitrogens is 1. The van der Waals surface area contributed by atoms with Crippen LogP contribution in [0.1, 0.15) is 30.5 Å². The van der Waals surface area contributed by atoms with Gasteiger partial charge >= 0.3 is 5.69 Å². The van der Waals surface area contributed by atoms with E-state index in [-0.39, 0.29) is 27.7 Å². The summed E-state index contributed by atoms with van der Waals surface area (Å²) >= 11 is 5.83. The summed E-state index contributed by atoms with van der Waals surface area (Å²) in [6.45, 7) is 0.456. The van der Waals surface area contributed by atoms with Crippen LogP contribution < -0.4 is 16.4 Å². The first-order chi connectivity index (χ1) is 13.8. The van der Waals surface area contributed by atoms with Gasteiger partial charge in [-0.25, -0.2) is 17.5 Å². The first-order valence-corrected chi connectivity index (χ1v) is 11.1. The minimum Gasteiger partial charge on any atom is -0.297 e. The van der Waals surface area contributed by atoms with Gasteiger partial charge in [-0.15, -0.1) is 0 Å². The molecule has 1 aromatic carbocycles. The number of halogens is 1. The average Bonchev–Trinajstić information content (AvgIpc) is 2.70. The Morgan fingerprint density at radius 3 is 2.69 bits per heavy atom. The maximum atomic E-state index is 12.7. The van der Waals surface area contributed by atoms with E-state index in [1.54, 1.807) is 5.18 Å². The number of hydrogen-bond donors (Lipinski definition) is 2. The van der Waals surface area contributed by atoms with Crippen LogP contribution in [-0.2, 0) is 29.4 Å². The molecular weight excluding hydrogens is 420 g/mol. The molecule has 0 saturated carbocycles. The van der Waals surface area contributed by atoms with Crippen LogP contribution in [0.2, 0.25) is 5.02 Å². The maximum absolute atomic E-state index is 12.7. The summed E-state index contributed by atoms with van der Waals surface area (Å²) in [4.78, 5) is 37.4. The van der Waals surface area contributed by atoms with Crippen molar-refractivity contribution in [2.45, 2.75) is 43.5 Å². The van der Waals surface area contributed by atoms with Crippen molar-refractivity contribution < 1.29 is 13.6 Å². The molecule has 1 aliphatic carbocycles. The van der Waals surface area contributed by atoms with E-state index in [0.717, 1.165) is 22.8 Å². The van der Waals surface area contributed by atoms with E-state index in [2.05, 4.69) is 4.98 Å². The van der Waals surface area contributed by atoms with Crippen LogP contribution in [0.4, 0.5) is 5.69 Å². The fourth-order valence-corrected chi connectivity index (χ4v) is 4.92. The topological polar surface area (TPSA) is 123 Å². The van der Waals surface area contributed by atoms with Gasteiger partial charge in [0.05, 0.1) is 4.90 Å². The van der Waals surface area contributed by atoms with Gasteiger partial charge in [-0.3, -0.25) is 14.3 Å². The number of aromatic amines is 1. The summed E-state index contributed by atoms with van der Waals surface area (Å²) < 4.78 is 28.2. The van der Waals surface area contributed by atoms with Gasteiger partial charge in [0.15, 0.2) is 0 Å². The fraction of sp³-hybridized carbons (Fsp3) is 0.444. The Bertz CT molecular complexity index is 1160. The average molecular weight is 442 g/mol. The summed E-state index contributed by atoms with van der Waals surface area (Å²) in [5.74, 6) is 0. The molecule has 2 aromatic rings. The van der Waals surface area contributed by atoms with E-state index < -0.39 is 15.7 Å². The van der Waals surface area contributed by atoms with Gasteiger partial charge in [-0.1, -0.05) is 11.6 Å². The second-order valence-electron chi connectivity index (χ2n) is 6.97. The van der Waals surface area contributed by atoms with Crippen LogP contribution >= 0.6 is 11.6 Å². The van der Waals surface area contributed by atoms with Crippen molar-refractivity contribution in [3.63, 3.8) is 0 Å². The van der Waals surface area contributed by atoms with Gasteiger partial charge in [0.2, 0.25) is 10.0 Å². The standard InChI is InChI=1S/C18H21ClN4O5S/c1-22(29(27,28)12-7-8-14(19)15(11-12)21-26)9-4-10-23-16-6-3-2-5-13(16)17(24)20-18(23)25/h7-8,11H,2-6,9-10H2,1H3,(H,20,24,25)/p+1. The molecular formula is C18H22ClN4O5S+. The highest BCUT2D eigenvalue weighted by molar-refractivity contribution is 7.89. The Balaban J connectivity index is 1.75. The predicted molar refractivity (Wildman–Crippen MR) is 108 cm³/mol. The molecule has 0 radical (unpaired) electrons. The summed E-state index contributed by atoms with van der Waals surface area (Å²) in [5.41, 5.74) is 0.582. The molecule has 0 bridgehead atoms. The molecule has 0 atom stereocenters. The third kappa shape index (κ3) is 4.34. The third-order valence-corrected chi connectivity index (χ3v) is 7.30. The van der Waals surface area contributed by atoms with E-state index in [9.17, 15) is 22.9 Å². The van der Waals surface area contributed by atoms with Gasteiger partial charge in [0.25, 0.3) is 11.2 Å². The second kappa shape index (κ2) is 8.60. The third-order valence-electron chi connectivity index (χ3n) is 5.11. The van der Waals surface area contributed by atoms with E-state index in [0.29, 0.717) is 31.4 Å². The van der Waals surface area contributed by atoms with Crippen molar-refractivity contribution in [3.8, 4) is 0 Å². The summed E-state index contributed by atoms with van der Waals surface area (Å²) in [7, 11) is -2.40. The number of sulfonamides is 1. The molecule has 156 valence electrons. The Morgan fingerprint density at radius 1 is 1.24 bits per heavy atom. The Morgan fingerprint density at radius 2 is 1.97 bits per heavy atom. The Labute approximate surface area is 172 Å². The normalized spacial score (nSPS) is 14.0. The Kier molecular flexibility index (Phi) is 6.35. The number of nitrogens with zero attached hydrogens (tertiary/aromatic N) is 2. The lowest BCUT2D eigenvalue weighted by Gasteiger charge is -2.21. The quantitative estimate of drug-likeness (QED) is 0.637. The first kappa shape index (κ1) is 21.4. The summed E-state index contributed by atoms with van der Waals surface area (Å²) in [6, 6.07) is 3.86. The molecule has 1 aliphatic rings. The number of benzene rings is 1. The molecule has 29 heavy (non-hydrogen) atoms. The zero-order chi connectivity index (χ0) is 21.2. The van der Waals surface area contributed by atoms with Crippen LogP contribution in [0, 0.1) is 4.91 Å². The van der Waals surface area contributed by atoms with Crippen molar-refractivity contribution in [1.29, 1.82) is 0 Å². The zero-order valence-electron chi connectivity index (χ0n) is 15.9. The predicted octanol–water partition coefficient (Wildman–Crippen LogP) is 0.258. The van der Waals surface area contributed by atoms with Crippen LogP contribution in [0.3, 0.4) is 0 Å². The summed E-state index contributed by atoms with van der Waals surface area (Å²) in [5, 5.41) is 1.75. The number of hydrogen-bond acceptors (Lipinski definition) is 5. The van der Waals surface area contributed by atoms with Crippen LogP contribution in [0.25, 0.3) is 0 Å². The molecule has 1 heterocycles. The van der Waals surface area contributed by atoms with E-state index in [1.807, 2.05) is 0 Å². The van der Waals surface area contributed by atoms with Crippen LogP contribution in [0.5, 0.6) is 0 Å².